The van der Waals surface area contributed by atoms with Crippen LogP contribution in [0.3, 0.4) is 0 Å². The average molecular weight is 227 g/mol. The average Bonchev–Trinajstić information content (AvgIpc) is 2.70. The molecule has 2 rings (SSSR count). The minimum atomic E-state index is 0.536. The van der Waals surface area contributed by atoms with Gasteiger partial charge in [-0.2, -0.15) is 5.26 Å². The van der Waals surface area contributed by atoms with E-state index in [1.807, 2.05) is 25.1 Å². The molecule has 1 heterocycles. The van der Waals surface area contributed by atoms with Crippen LogP contribution < -0.4 is 4.74 Å². The number of benzene rings is 1. The van der Waals surface area contributed by atoms with Crippen molar-refractivity contribution >= 4 is 0 Å². The number of nitriles is 1. The minimum Gasteiger partial charge on any atom is -0.496 e. The molecular weight excluding hydrogens is 214 g/mol. The molecule has 1 aromatic carbocycles. The second-order valence-electron chi connectivity index (χ2n) is 3.87. The summed E-state index contributed by atoms with van der Waals surface area (Å²) in [5, 5.41) is 9.13. The number of aromatic nitrogens is 2. The van der Waals surface area contributed by atoms with Gasteiger partial charge in [0.25, 0.3) is 0 Å². The molecule has 0 unspecified atom stereocenters. The van der Waals surface area contributed by atoms with E-state index < -0.39 is 0 Å². The lowest BCUT2D eigenvalue weighted by molar-refractivity contribution is 0.416. The maximum atomic E-state index is 9.13. The summed E-state index contributed by atoms with van der Waals surface area (Å²) in [7, 11) is 3.42. The smallest absolute Gasteiger partial charge is 0.147 e. The number of methoxy groups -OCH3 is 1. The van der Waals surface area contributed by atoms with Crippen LogP contribution in [0.4, 0.5) is 0 Å². The van der Waals surface area contributed by atoms with E-state index >= 15 is 0 Å². The summed E-state index contributed by atoms with van der Waals surface area (Å²) in [5.74, 6) is 0.728. The first kappa shape index (κ1) is 11.2. The van der Waals surface area contributed by atoms with Gasteiger partial charge in [0.2, 0.25) is 0 Å². The molecular formula is C13H13N3O. The van der Waals surface area contributed by atoms with Gasteiger partial charge in [0.15, 0.2) is 0 Å². The monoisotopic (exact) mass is 227 g/mol. The van der Waals surface area contributed by atoms with Gasteiger partial charge in [-0.1, -0.05) is 11.6 Å². The normalized spacial score (nSPS) is 10.0. The zero-order chi connectivity index (χ0) is 12.4. The molecule has 0 amide bonds. The van der Waals surface area contributed by atoms with E-state index in [0.29, 0.717) is 11.4 Å². The number of imidazole rings is 1. The van der Waals surface area contributed by atoms with Gasteiger partial charge >= 0.3 is 0 Å². The van der Waals surface area contributed by atoms with Gasteiger partial charge in [0.1, 0.15) is 23.2 Å². The molecule has 0 spiro atoms. The number of nitrogens with zero attached hydrogens (tertiary/aromatic N) is 3. The Morgan fingerprint density at radius 1 is 1.41 bits per heavy atom. The SMILES string of the molecule is COc1ccc(C)cc1-c1ncn(C)c1C#N. The third kappa shape index (κ3) is 1.87. The molecule has 86 valence electrons. The standard InChI is InChI=1S/C13H13N3O/c1-9-4-5-12(17-3)10(6-9)13-11(7-14)16(2)8-15-13/h4-6,8H,1-3H3. The van der Waals surface area contributed by atoms with E-state index in [2.05, 4.69) is 11.1 Å². The van der Waals surface area contributed by atoms with Crippen molar-refractivity contribution in [3.05, 3.63) is 35.8 Å². The summed E-state index contributed by atoms with van der Waals surface area (Å²) in [4.78, 5) is 4.27. The first-order valence-corrected chi connectivity index (χ1v) is 5.23. The van der Waals surface area contributed by atoms with Crippen LogP contribution in [0.1, 0.15) is 11.3 Å². The highest BCUT2D eigenvalue weighted by atomic mass is 16.5. The quantitative estimate of drug-likeness (QED) is 0.790. The van der Waals surface area contributed by atoms with Crippen LogP contribution in [-0.4, -0.2) is 16.7 Å². The molecule has 0 saturated heterocycles. The van der Waals surface area contributed by atoms with Gasteiger partial charge in [-0.15, -0.1) is 0 Å². The summed E-state index contributed by atoms with van der Waals surface area (Å²) >= 11 is 0. The molecule has 0 aliphatic carbocycles. The van der Waals surface area contributed by atoms with Crippen molar-refractivity contribution in [3.8, 4) is 23.1 Å². The predicted octanol–water partition coefficient (Wildman–Crippen LogP) is 2.28. The van der Waals surface area contributed by atoms with Crippen molar-refractivity contribution < 1.29 is 4.74 Å². The van der Waals surface area contributed by atoms with Gasteiger partial charge < -0.3 is 9.30 Å². The van der Waals surface area contributed by atoms with E-state index in [-0.39, 0.29) is 0 Å². The molecule has 0 fully saturated rings. The number of rotatable bonds is 2. The Labute approximate surface area is 100 Å². The van der Waals surface area contributed by atoms with Crippen LogP contribution in [0.15, 0.2) is 24.5 Å². The Morgan fingerprint density at radius 3 is 2.82 bits per heavy atom. The third-order valence-electron chi connectivity index (χ3n) is 2.65. The van der Waals surface area contributed by atoms with Crippen LogP contribution in [0, 0.1) is 18.3 Å². The van der Waals surface area contributed by atoms with E-state index in [1.165, 1.54) is 0 Å². The summed E-state index contributed by atoms with van der Waals surface area (Å²) in [6.07, 6.45) is 1.63. The molecule has 0 bridgehead atoms. The fourth-order valence-corrected chi connectivity index (χ4v) is 1.77. The Kier molecular flexibility index (Phi) is 2.84. The van der Waals surface area contributed by atoms with Crippen LogP contribution in [0.5, 0.6) is 5.75 Å². The van der Waals surface area contributed by atoms with Gasteiger partial charge in [0.05, 0.1) is 13.4 Å². The van der Waals surface area contributed by atoms with Crippen molar-refractivity contribution in [1.82, 2.24) is 9.55 Å². The van der Waals surface area contributed by atoms with Gasteiger partial charge in [0, 0.05) is 12.6 Å². The van der Waals surface area contributed by atoms with Crippen molar-refractivity contribution in [3.63, 3.8) is 0 Å². The van der Waals surface area contributed by atoms with Gasteiger partial charge in [-0.3, -0.25) is 0 Å². The Balaban J connectivity index is 2.68. The van der Waals surface area contributed by atoms with E-state index in [4.69, 9.17) is 10.00 Å². The summed E-state index contributed by atoms with van der Waals surface area (Å²) in [5.41, 5.74) is 3.16. The zero-order valence-electron chi connectivity index (χ0n) is 10.1. The largest absolute Gasteiger partial charge is 0.496 e. The first-order chi connectivity index (χ1) is 8.17. The highest BCUT2D eigenvalue weighted by Gasteiger charge is 2.14. The van der Waals surface area contributed by atoms with Crippen LogP contribution in [0.25, 0.3) is 11.3 Å². The van der Waals surface area contributed by atoms with E-state index in [1.54, 1.807) is 25.1 Å². The summed E-state index contributed by atoms with van der Waals surface area (Å²) in [6, 6.07) is 7.99. The second-order valence-corrected chi connectivity index (χ2v) is 3.87. The lowest BCUT2D eigenvalue weighted by atomic mass is 10.1. The zero-order valence-corrected chi connectivity index (χ0v) is 10.1. The second kappa shape index (κ2) is 4.30. The molecule has 2 aromatic rings. The summed E-state index contributed by atoms with van der Waals surface area (Å²) < 4.78 is 7.01. The maximum absolute atomic E-state index is 9.13. The highest BCUT2D eigenvalue weighted by molar-refractivity contribution is 5.72. The number of aryl methyl sites for hydroxylation is 2. The van der Waals surface area contributed by atoms with Gasteiger partial charge in [-0.05, 0) is 19.1 Å². The number of ether oxygens (including phenoxy) is 1. The van der Waals surface area contributed by atoms with E-state index in [0.717, 1.165) is 16.9 Å². The highest BCUT2D eigenvalue weighted by Crippen LogP contribution is 2.31. The van der Waals surface area contributed by atoms with Gasteiger partial charge in [-0.25, -0.2) is 4.98 Å². The molecule has 1 aromatic heterocycles. The summed E-state index contributed by atoms with van der Waals surface area (Å²) in [6.45, 7) is 2.00. The molecule has 4 heteroatoms. The molecule has 0 aliphatic heterocycles. The maximum Gasteiger partial charge on any atom is 0.147 e. The molecule has 0 radical (unpaired) electrons. The van der Waals surface area contributed by atoms with Crippen LogP contribution in [0.2, 0.25) is 0 Å². The van der Waals surface area contributed by atoms with Crippen molar-refractivity contribution in [1.29, 1.82) is 5.26 Å². The molecule has 0 atom stereocenters. The molecule has 0 aliphatic rings. The number of hydrogen-bond acceptors (Lipinski definition) is 3. The minimum absolute atomic E-state index is 0.536. The molecule has 0 saturated carbocycles. The predicted molar refractivity (Wildman–Crippen MR) is 64.6 cm³/mol. The van der Waals surface area contributed by atoms with Crippen molar-refractivity contribution in [2.24, 2.45) is 7.05 Å². The Morgan fingerprint density at radius 2 is 2.18 bits per heavy atom. The topological polar surface area (TPSA) is 50.8 Å². The third-order valence-corrected chi connectivity index (χ3v) is 2.65. The molecule has 0 N–H and O–H groups in total. The van der Waals surface area contributed by atoms with Crippen molar-refractivity contribution in [2.75, 3.05) is 7.11 Å². The van der Waals surface area contributed by atoms with Crippen LogP contribution in [-0.2, 0) is 7.05 Å². The Bertz CT molecular complexity index is 593. The van der Waals surface area contributed by atoms with Crippen LogP contribution >= 0.6 is 0 Å². The van der Waals surface area contributed by atoms with Crippen molar-refractivity contribution in [2.45, 2.75) is 6.92 Å². The number of hydrogen-bond donors (Lipinski definition) is 0. The fourth-order valence-electron chi connectivity index (χ4n) is 1.77. The van der Waals surface area contributed by atoms with E-state index in [9.17, 15) is 0 Å². The molecule has 4 nitrogen and oxygen atoms in total. The Hall–Kier alpha value is -2.28. The fraction of sp³-hybridized carbons (Fsp3) is 0.231. The lowest BCUT2D eigenvalue weighted by Crippen LogP contribution is -1.93. The lowest BCUT2D eigenvalue weighted by Gasteiger charge is -2.07. The first-order valence-electron chi connectivity index (χ1n) is 5.23. The molecule has 17 heavy (non-hydrogen) atoms.